The van der Waals surface area contributed by atoms with Crippen molar-refractivity contribution in [3.05, 3.63) is 47.6 Å². The van der Waals surface area contributed by atoms with Crippen molar-refractivity contribution in [2.75, 3.05) is 6.61 Å². The molecule has 2 aliphatic carbocycles. The Balaban J connectivity index is 2.18. The van der Waals surface area contributed by atoms with Crippen LogP contribution in [0.5, 0.6) is 0 Å². The van der Waals surface area contributed by atoms with Gasteiger partial charge in [0.15, 0.2) is 8.32 Å². The molecule has 0 spiro atoms. The summed E-state index contributed by atoms with van der Waals surface area (Å²) in [7, 11) is -1.70. The van der Waals surface area contributed by atoms with E-state index in [1.54, 1.807) is 5.57 Å². The molecular formula is C25H42OSi. The van der Waals surface area contributed by atoms with Crippen LogP contribution < -0.4 is 0 Å². The van der Waals surface area contributed by atoms with Crippen molar-refractivity contribution in [3.63, 3.8) is 0 Å². The number of hydrogen-bond acceptors (Lipinski definition) is 1. The lowest BCUT2D eigenvalue weighted by Gasteiger charge is -2.44. The Morgan fingerprint density at radius 1 is 1.15 bits per heavy atom. The van der Waals surface area contributed by atoms with Crippen LogP contribution in [0.2, 0.25) is 18.1 Å². The first-order valence-corrected chi connectivity index (χ1v) is 13.6. The molecule has 27 heavy (non-hydrogen) atoms. The van der Waals surface area contributed by atoms with Crippen molar-refractivity contribution in [2.24, 2.45) is 16.7 Å². The molecule has 1 nitrogen and oxygen atoms in total. The van der Waals surface area contributed by atoms with Gasteiger partial charge in [-0.15, -0.1) is 0 Å². The second-order valence-corrected chi connectivity index (χ2v) is 15.8. The summed E-state index contributed by atoms with van der Waals surface area (Å²) in [6.07, 6.45) is 17.5. The largest absolute Gasteiger partial charge is 0.417 e. The molecule has 0 aromatic rings. The van der Waals surface area contributed by atoms with E-state index < -0.39 is 8.32 Å². The maximum absolute atomic E-state index is 6.64. The highest BCUT2D eigenvalue weighted by Crippen LogP contribution is 2.47. The van der Waals surface area contributed by atoms with Crippen LogP contribution in [-0.2, 0) is 4.43 Å². The summed E-state index contributed by atoms with van der Waals surface area (Å²) in [6.45, 7) is 22.1. The molecule has 1 unspecified atom stereocenters. The first kappa shape index (κ1) is 22.4. The number of allylic oxidation sites excluding steroid dienone is 8. The summed E-state index contributed by atoms with van der Waals surface area (Å²) in [5, 5.41) is 0.272. The van der Waals surface area contributed by atoms with E-state index in [2.05, 4.69) is 98.0 Å². The van der Waals surface area contributed by atoms with Crippen molar-refractivity contribution in [3.8, 4) is 0 Å². The predicted molar refractivity (Wildman–Crippen MR) is 122 cm³/mol. The van der Waals surface area contributed by atoms with Gasteiger partial charge in [-0.05, 0) is 68.1 Å². The number of hydrogen-bond donors (Lipinski definition) is 0. The van der Waals surface area contributed by atoms with E-state index in [4.69, 9.17) is 4.43 Å². The quantitative estimate of drug-likeness (QED) is 0.345. The van der Waals surface area contributed by atoms with Crippen LogP contribution >= 0.6 is 0 Å². The van der Waals surface area contributed by atoms with E-state index in [1.165, 1.54) is 18.4 Å². The minimum Gasteiger partial charge on any atom is -0.417 e. The summed E-state index contributed by atoms with van der Waals surface area (Å²) in [6, 6.07) is 0. The fourth-order valence-corrected chi connectivity index (χ4v) is 5.03. The minimum atomic E-state index is -1.70. The Kier molecular flexibility index (Phi) is 6.54. The summed E-state index contributed by atoms with van der Waals surface area (Å²) < 4.78 is 6.64. The summed E-state index contributed by atoms with van der Waals surface area (Å²) in [5.74, 6) is 0.584. The molecule has 0 amide bonds. The lowest BCUT2D eigenvalue weighted by molar-refractivity contribution is 0.133. The monoisotopic (exact) mass is 386 g/mol. The highest BCUT2D eigenvalue weighted by atomic mass is 28.4. The molecule has 152 valence electrons. The van der Waals surface area contributed by atoms with Gasteiger partial charge < -0.3 is 4.43 Å². The average molecular weight is 387 g/mol. The molecule has 0 bridgehead atoms. The fourth-order valence-electron chi connectivity index (χ4n) is 3.98. The lowest BCUT2D eigenvalue weighted by Crippen LogP contribution is -2.44. The first-order valence-electron chi connectivity index (χ1n) is 10.7. The Morgan fingerprint density at radius 2 is 1.74 bits per heavy atom. The van der Waals surface area contributed by atoms with E-state index in [-0.39, 0.29) is 15.9 Å². The second-order valence-electron chi connectivity index (χ2n) is 11.0. The van der Waals surface area contributed by atoms with Crippen molar-refractivity contribution in [1.29, 1.82) is 0 Å². The summed E-state index contributed by atoms with van der Waals surface area (Å²) >= 11 is 0. The second kappa shape index (κ2) is 7.87. The van der Waals surface area contributed by atoms with Gasteiger partial charge in [-0.3, -0.25) is 0 Å². The highest BCUT2D eigenvalue weighted by Gasteiger charge is 2.41. The molecule has 1 atom stereocenters. The van der Waals surface area contributed by atoms with Crippen LogP contribution in [0.15, 0.2) is 47.6 Å². The van der Waals surface area contributed by atoms with Gasteiger partial charge in [-0.2, -0.15) is 0 Å². The van der Waals surface area contributed by atoms with Crippen molar-refractivity contribution in [1.82, 2.24) is 0 Å². The maximum Gasteiger partial charge on any atom is 0.191 e. The highest BCUT2D eigenvalue weighted by molar-refractivity contribution is 6.74. The Labute approximate surface area is 169 Å². The average Bonchev–Trinajstić information content (AvgIpc) is 2.53. The smallest absolute Gasteiger partial charge is 0.191 e. The van der Waals surface area contributed by atoms with Crippen LogP contribution in [0.3, 0.4) is 0 Å². The zero-order chi connectivity index (χ0) is 20.5. The van der Waals surface area contributed by atoms with Crippen LogP contribution in [0.4, 0.5) is 0 Å². The number of rotatable bonds is 5. The van der Waals surface area contributed by atoms with Gasteiger partial charge in [-0.1, -0.05) is 76.6 Å². The fraction of sp³-hybridized carbons (Fsp3) is 0.680. The molecule has 0 heterocycles. The van der Waals surface area contributed by atoms with Gasteiger partial charge in [0.25, 0.3) is 0 Å². The van der Waals surface area contributed by atoms with Crippen LogP contribution in [0.1, 0.15) is 67.7 Å². The molecule has 0 aromatic carbocycles. The standard InChI is InChI=1S/C25H42OSi/c1-20-13-14-21(19-26-27(8,9)23(2,3)4)24(5,6)22(20)15-18-25(7)16-11-10-12-17-25/h11-12,15-18,21H,10,13-14,19H2,1-9H3/b18-15-. The summed E-state index contributed by atoms with van der Waals surface area (Å²) in [4.78, 5) is 0. The van der Waals surface area contributed by atoms with E-state index in [0.717, 1.165) is 13.0 Å². The Bertz CT molecular complexity index is 640. The van der Waals surface area contributed by atoms with Crippen molar-refractivity contribution < 1.29 is 4.43 Å². The van der Waals surface area contributed by atoms with E-state index >= 15 is 0 Å². The van der Waals surface area contributed by atoms with E-state index in [1.807, 2.05) is 0 Å². The molecule has 0 aliphatic heterocycles. The maximum atomic E-state index is 6.64. The molecule has 2 aliphatic rings. The van der Waals surface area contributed by atoms with Gasteiger partial charge in [0, 0.05) is 12.0 Å². The molecule has 0 saturated carbocycles. The molecular weight excluding hydrogens is 344 g/mol. The molecule has 2 rings (SSSR count). The molecule has 0 saturated heterocycles. The van der Waals surface area contributed by atoms with Crippen LogP contribution in [-0.4, -0.2) is 14.9 Å². The molecule has 0 aromatic heterocycles. The third kappa shape index (κ3) is 5.15. The van der Waals surface area contributed by atoms with Crippen molar-refractivity contribution >= 4 is 8.32 Å². The molecule has 0 radical (unpaired) electrons. The van der Waals surface area contributed by atoms with E-state index in [0.29, 0.717) is 5.92 Å². The normalized spacial score (nSPS) is 25.4. The predicted octanol–water partition coefficient (Wildman–Crippen LogP) is 7.84. The topological polar surface area (TPSA) is 9.23 Å². The zero-order valence-corrected chi connectivity index (χ0v) is 20.3. The van der Waals surface area contributed by atoms with Gasteiger partial charge in [0.2, 0.25) is 0 Å². The Morgan fingerprint density at radius 3 is 2.30 bits per heavy atom. The Hall–Kier alpha value is -0.863. The van der Waals surface area contributed by atoms with Crippen LogP contribution in [0, 0.1) is 16.7 Å². The molecule has 0 N–H and O–H groups in total. The zero-order valence-electron chi connectivity index (χ0n) is 19.3. The summed E-state index contributed by atoms with van der Waals surface area (Å²) in [5.41, 5.74) is 3.27. The molecule has 0 fully saturated rings. The molecule has 2 heteroatoms. The van der Waals surface area contributed by atoms with Crippen molar-refractivity contribution in [2.45, 2.75) is 85.9 Å². The van der Waals surface area contributed by atoms with Gasteiger partial charge in [-0.25, -0.2) is 0 Å². The van der Waals surface area contributed by atoms with Gasteiger partial charge in [0.1, 0.15) is 0 Å². The van der Waals surface area contributed by atoms with Gasteiger partial charge in [0.05, 0.1) is 0 Å². The third-order valence-corrected chi connectivity index (χ3v) is 11.8. The third-order valence-electron chi connectivity index (χ3n) is 7.33. The van der Waals surface area contributed by atoms with Gasteiger partial charge >= 0.3 is 0 Å². The first-order chi connectivity index (χ1) is 12.3. The lowest BCUT2D eigenvalue weighted by atomic mass is 9.65. The SMILES string of the molecule is CC1=C(/C=C\C2(C)C=CCC=C2)C(C)(C)C(CO[Si](C)(C)C(C)(C)C)CC1. The van der Waals surface area contributed by atoms with Crippen LogP contribution in [0.25, 0.3) is 0 Å². The minimum absolute atomic E-state index is 0.0478. The van der Waals surface area contributed by atoms with E-state index in [9.17, 15) is 0 Å².